The molecule has 0 aliphatic carbocycles. The second-order valence-electron chi connectivity index (χ2n) is 8.05. The van der Waals surface area contributed by atoms with Gasteiger partial charge in [0.15, 0.2) is 0 Å². The molecule has 32 heavy (non-hydrogen) atoms. The van der Waals surface area contributed by atoms with Crippen LogP contribution in [0.4, 0.5) is 10.5 Å². The zero-order chi connectivity index (χ0) is 22.7. The van der Waals surface area contributed by atoms with Crippen LogP contribution in [0.15, 0.2) is 42.5 Å². The van der Waals surface area contributed by atoms with Crippen LogP contribution in [-0.2, 0) is 11.3 Å². The van der Waals surface area contributed by atoms with E-state index in [1.807, 2.05) is 24.3 Å². The minimum atomic E-state index is -0.355. The second-order valence-corrected chi connectivity index (χ2v) is 8.05. The maximum Gasteiger partial charge on any atom is 0.414 e. The van der Waals surface area contributed by atoms with Crippen LogP contribution >= 0.6 is 0 Å². The number of aliphatic hydroxyl groups is 1. The van der Waals surface area contributed by atoms with E-state index in [0.717, 1.165) is 11.3 Å². The number of methoxy groups -OCH3 is 1. The van der Waals surface area contributed by atoms with Crippen LogP contribution in [-0.4, -0.2) is 61.0 Å². The van der Waals surface area contributed by atoms with Crippen LogP contribution < -0.4 is 14.4 Å². The number of rotatable bonds is 6. The van der Waals surface area contributed by atoms with Crippen molar-refractivity contribution in [1.82, 2.24) is 4.90 Å². The normalized spacial score (nSPS) is 17.4. The third-order valence-corrected chi connectivity index (χ3v) is 5.91. The summed E-state index contributed by atoms with van der Waals surface area (Å²) in [6.07, 6.45) is 0.633. The van der Waals surface area contributed by atoms with Gasteiger partial charge in [-0.25, -0.2) is 4.79 Å². The van der Waals surface area contributed by atoms with Crippen LogP contribution in [0, 0.1) is 0 Å². The van der Waals surface area contributed by atoms with Gasteiger partial charge in [-0.15, -0.1) is 0 Å². The lowest BCUT2D eigenvalue weighted by Crippen LogP contribution is -2.50. The smallest absolute Gasteiger partial charge is 0.414 e. The summed E-state index contributed by atoms with van der Waals surface area (Å²) < 4.78 is 16.4. The standard InChI is InChI=1S/C24H28N2O6/c1-16(14-27)32-19-7-8-20(22(13-19)30-2)23(28)25-11-9-18(10-12-25)26-21-6-4-3-5-17(21)15-31-24(26)29/h3-8,13,16,18,27H,9-12,14-15H2,1-2H3. The molecule has 8 nitrogen and oxygen atoms in total. The fraction of sp³-hybridized carbons (Fsp3) is 0.417. The fourth-order valence-corrected chi connectivity index (χ4v) is 4.21. The van der Waals surface area contributed by atoms with Gasteiger partial charge in [-0.05, 0) is 38.0 Å². The summed E-state index contributed by atoms with van der Waals surface area (Å²) in [5.41, 5.74) is 2.34. The molecular weight excluding hydrogens is 412 g/mol. The van der Waals surface area contributed by atoms with Gasteiger partial charge in [0, 0.05) is 30.8 Å². The number of anilines is 1. The number of cyclic esters (lactones) is 1. The Morgan fingerprint density at radius 3 is 2.69 bits per heavy atom. The highest BCUT2D eigenvalue weighted by Crippen LogP contribution is 2.33. The highest BCUT2D eigenvalue weighted by atomic mass is 16.6. The number of ether oxygens (including phenoxy) is 3. The molecule has 1 atom stereocenters. The Morgan fingerprint density at radius 2 is 1.97 bits per heavy atom. The largest absolute Gasteiger partial charge is 0.496 e. The van der Waals surface area contributed by atoms with Crippen molar-refractivity contribution in [2.75, 3.05) is 31.7 Å². The van der Waals surface area contributed by atoms with Gasteiger partial charge < -0.3 is 24.2 Å². The highest BCUT2D eigenvalue weighted by molar-refractivity contribution is 5.97. The van der Waals surface area contributed by atoms with Gasteiger partial charge in [0.25, 0.3) is 5.91 Å². The van der Waals surface area contributed by atoms with E-state index < -0.39 is 0 Å². The Morgan fingerprint density at radius 1 is 1.22 bits per heavy atom. The van der Waals surface area contributed by atoms with E-state index in [4.69, 9.17) is 14.2 Å². The quantitative estimate of drug-likeness (QED) is 0.742. The monoisotopic (exact) mass is 440 g/mol. The van der Waals surface area contributed by atoms with E-state index in [2.05, 4.69) is 0 Å². The van der Waals surface area contributed by atoms with E-state index in [0.29, 0.717) is 49.6 Å². The molecule has 4 rings (SSSR count). The third kappa shape index (κ3) is 4.36. The van der Waals surface area contributed by atoms with Crippen molar-refractivity contribution < 1.29 is 28.9 Å². The minimum absolute atomic E-state index is 0.0226. The van der Waals surface area contributed by atoms with Gasteiger partial charge in [-0.2, -0.15) is 0 Å². The maximum atomic E-state index is 13.2. The summed E-state index contributed by atoms with van der Waals surface area (Å²) >= 11 is 0. The zero-order valence-electron chi connectivity index (χ0n) is 18.3. The van der Waals surface area contributed by atoms with Crippen molar-refractivity contribution in [1.29, 1.82) is 0 Å². The molecule has 1 fully saturated rings. The molecule has 2 heterocycles. The summed E-state index contributed by atoms with van der Waals surface area (Å²) in [6.45, 7) is 3.00. The second kappa shape index (κ2) is 9.48. The van der Waals surface area contributed by atoms with Crippen molar-refractivity contribution in [2.24, 2.45) is 0 Å². The predicted octanol–water partition coefficient (Wildman–Crippen LogP) is 3.22. The zero-order valence-corrected chi connectivity index (χ0v) is 18.3. The highest BCUT2D eigenvalue weighted by Gasteiger charge is 2.35. The molecule has 2 aromatic carbocycles. The lowest BCUT2D eigenvalue weighted by atomic mass is 10.00. The molecule has 2 amide bonds. The SMILES string of the molecule is COc1cc(OC(C)CO)ccc1C(=O)N1CCC(N2C(=O)OCc3ccccc32)CC1. The molecule has 1 saturated heterocycles. The Balaban J connectivity index is 1.45. The first-order valence-corrected chi connectivity index (χ1v) is 10.8. The van der Waals surface area contributed by atoms with Crippen LogP contribution in [0.5, 0.6) is 11.5 Å². The van der Waals surface area contributed by atoms with Crippen molar-refractivity contribution >= 4 is 17.7 Å². The average molecular weight is 440 g/mol. The van der Waals surface area contributed by atoms with Crippen molar-refractivity contribution in [2.45, 2.75) is 38.5 Å². The lowest BCUT2D eigenvalue weighted by Gasteiger charge is -2.40. The minimum Gasteiger partial charge on any atom is -0.496 e. The number of amides is 2. The predicted molar refractivity (Wildman–Crippen MR) is 118 cm³/mol. The lowest BCUT2D eigenvalue weighted by molar-refractivity contribution is 0.0705. The van der Waals surface area contributed by atoms with E-state index in [9.17, 15) is 14.7 Å². The molecule has 8 heteroatoms. The van der Waals surface area contributed by atoms with E-state index in [1.54, 1.807) is 34.9 Å². The Kier molecular flexibility index (Phi) is 6.50. The van der Waals surface area contributed by atoms with Crippen LogP contribution in [0.3, 0.4) is 0 Å². The molecule has 2 aromatic rings. The molecule has 2 aliphatic heterocycles. The Labute approximate surface area is 187 Å². The third-order valence-electron chi connectivity index (χ3n) is 5.91. The number of carbonyl (C=O) groups is 2. The van der Waals surface area contributed by atoms with Gasteiger partial charge in [-0.3, -0.25) is 9.69 Å². The summed E-state index contributed by atoms with van der Waals surface area (Å²) in [5.74, 6) is 0.831. The molecule has 2 aliphatic rings. The number of carbonyl (C=O) groups excluding carboxylic acids is 2. The average Bonchev–Trinajstić information content (AvgIpc) is 2.83. The van der Waals surface area contributed by atoms with Gasteiger partial charge in [0.1, 0.15) is 24.2 Å². The maximum absolute atomic E-state index is 13.2. The van der Waals surface area contributed by atoms with Crippen LogP contribution in [0.1, 0.15) is 35.7 Å². The molecule has 1 unspecified atom stereocenters. The summed E-state index contributed by atoms with van der Waals surface area (Å²) in [5, 5.41) is 9.17. The van der Waals surface area contributed by atoms with Gasteiger partial charge >= 0.3 is 6.09 Å². The molecule has 0 radical (unpaired) electrons. The number of piperidine rings is 1. The van der Waals surface area contributed by atoms with E-state index in [1.165, 1.54) is 7.11 Å². The fourth-order valence-electron chi connectivity index (χ4n) is 4.21. The van der Waals surface area contributed by atoms with Crippen molar-refractivity contribution in [3.05, 3.63) is 53.6 Å². The number of fused-ring (bicyclic) bond motifs is 1. The van der Waals surface area contributed by atoms with Gasteiger partial charge in [-0.1, -0.05) is 18.2 Å². The van der Waals surface area contributed by atoms with E-state index in [-0.39, 0.29) is 30.8 Å². The summed E-state index contributed by atoms with van der Waals surface area (Å²) in [6, 6.07) is 12.8. The summed E-state index contributed by atoms with van der Waals surface area (Å²) in [4.78, 5) is 29.2. The molecule has 0 saturated carbocycles. The number of likely N-dealkylation sites (tertiary alicyclic amines) is 1. The molecule has 1 N–H and O–H groups in total. The van der Waals surface area contributed by atoms with Crippen molar-refractivity contribution in [3.8, 4) is 11.5 Å². The van der Waals surface area contributed by atoms with Crippen LogP contribution in [0.2, 0.25) is 0 Å². The molecule has 0 spiro atoms. The molecule has 0 bridgehead atoms. The molecule has 170 valence electrons. The number of para-hydroxylation sites is 1. The van der Waals surface area contributed by atoms with Gasteiger partial charge in [0.2, 0.25) is 0 Å². The number of hydrogen-bond acceptors (Lipinski definition) is 6. The van der Waals surface area contributed by atoms with Gasteiger partial charge in [0.05, 0.1) is 25.0 Å². The number of nitrogens with zero attached hydrogens (tertiary/aromatic N) is 2. The first-order chi connectivity index (χ1) is 15.5. The first kappa shape index (κ1) is 22.0. The molecular formula is C24H28N2O6. The van der Waals surface area contributed by atoms with Crippen molar-refractivity contribution in [3.63, 3.8) is 0 Å². The number of aliphatic hydroxyl groups excluding tert-OH is 1. The summed E-state index contributed by atoms with van der Waals surface area (Å²) in [7, 11) is 1.51. The Hall–Kier alpha value is -3.26. The first-order valence-electron chi connectivity index (χ1n) is 10.8. The molecule has 0 aromatic heterocycles. The Bertz CT molecular complexity index is 986. The van der Waals surface area contributed by atoms with Crippen LogP contribution in [0.25, 0.3) is 0 Å². The number of hydrogen-bond donors (Lipinski definition) is 1. The van der Waals surface area contributed by atoms with E-state index >= 15 is 0 Å². The number of benzene rings is 2. The topological polar surface area (TPSA) is 88.5 Å².